The summed E-state index contributed by atoms with van der Waals surface area (Å²) < 4.78 is 0. The number of hydrogen-bond donors (Lipinski definition) is 1. The highest BCUT2D eigenvalue weighted by molar-refractivity contribution is 7.99. The largest absolute Gasteiger partial charge is 0.272 e. The van der Waals surface area contributed by atoms with Crippen LogP contribution in [0.15, 0.2) is 35.4 Å². The van der Waals surface area contributed by atoms with Crippen molar-refractivity contribution in [2.24, 2.45) is 16.4 Å². The lowest BCUT2D eigenvalue weighted by Crippen LogP contribution is -2.30. The van der Waals surface area contributed by atoms with Crippen molar-refractivity contribution >= 4 is 23.4 Å². The molecule has 2 rings (SSSR count). The van der Waals surface area contributed by atoms with E-state index in [0.29, 0.717) is 5.41 Å². The lowest BCUT2D eigenvalue weighted by Gasteiger charge is -2.34. The molecular formula is C20H30N2OS. The second kappa shape index (κ2) is 8.70. The number of carbonyl (C=O) groups excluding carboxylic acids is 1. The zero-order chi connectivity index (χ0) is 17.6. The summed E-state index contributed by atoms with van der Waals surface area (Å²) in [6.07, 6.45) is 4.37. The minimum absolute atomic E-state index is 0.00127. The highest BCUT2D eigenvalue weighted by Crippen LogP contribution is 2.36. The molecule has 0 bridgehead atoms. The highest BCUT2D eigenvalue weighted by atomic mass is 32.2. The lowest BCUT2D eigenvalue weighted by molar-refractivity contribution is -0.120. The molecule has 132 valence electrons. The van der Waals surface area contributed by atoms with Gasteiger partial charge in [-0.25, -0.2) is 5.43 Å². The summed E-state index contributed by atoms with van der Waals surface area (Å²) in [5, 5.41) is 4.28. The molecule has 1 aliphatic carbocycles. The summed E-state index contributed by atoms with van der Waals surface area (Å²) >= 11 is 1.65. The van der Waals surface area contributed by atoms with Gasteiger partial charge in [0.25, 0.3) is 5.91 Å². The molecule has 0 spiro atoms. The second-order valence-electron chi connectivity index (χ2n) is 7.73. The molecule has 3 nitrogen and oxygen atoms in total. The third-order valence-corrected chi connectivity index (χ3v) is 6.04. The van der Waals surface area contributed by atoms with Gasteiger partial charge in [-0.3, -0.25) is 4.79 Å². The van der Waals surface area contributed by atoms with E-state index in [1.54, 1.807) is 11.8 Å². The van der Waals surface area contributed by atoms with Gasteiger partial charge < -0.3 is 0 Å². The zero-order valence-corrected chi connectivity index (χ0v) is 16.2. The van der Waals surface area contributed by atoms with Crippen LogP contribution in [0.3, 0.4) is 0 Å². The number of nitrogens with zero attached hydrogens (tertiary/aromatic N) is 1. The minimum Gasteiger partial charge on any atom is -0.272 e. The third-order valence-electron chi connectivity index (χ3n) is 4.82. The van der Waals surface area contributed by atoms with Gasteiger partial charge in [0.1, 0.15) is 0 Å². The molecule has 1 aromatic rings. The van der Waals surface area contributed by atoms with Gasteiger partial charge in [-0.2, -0.15) is 5.10 Å². The van der Waals surface area contributed by atoms with E-state index in [1.165, 1.54) is 18.4 Å². The van der Waals surface area contributed by atoms with Gasteiger partial charge >= 0.3 is 0 Å². The van der Waals surface area contributed by atoms with E-state index in [2.05, 4.69) is 43.4 Å². The van der Waals surface area contributed by atoms with Crippen LogP contribution in [-0.2, 0) is 10.5 Å². The maximum Gasteiger partial charge on any atom is 0.252 e. The van der Waals surface area contributed by atoms with E-state index >= 15 is 0 Å². The Morgan fingerprint density at radius 3 is 2.46 bits per heavy atom. The topological polar surface area (TPSA) is 41.5 Å². The molecule has 1 fully saturated rings. The first-order valence-electron chi connectivity index (χ1n) is 8.87. The maximum absolute atomic E-state index is 12.2. The fourth-order valence-electron chi connectivity index (χ4n) is 3.03. The van der Waals surface area contributed by atoms with Gasteiger partial charge in [0.05, 0.1) is 5.25 Å². The molecule has 1 aromatic carbocycles. The lowest BCUT2D eigenvalue weighted by atomic mass is 9.72. The summed E-state index contributed by atoms with van der Waals surface area (Å²) in [6, 6.07) is 10.2. The summed E-state index contributed by atoms with van der Waals surface area (Å²) in [6.45, 7) is 8.88. The number of carbonyl (C=O) groups is 1. The Kier molecular flexibility index (Phi) is 6.90. The fraction of sp³-hybridized carbons (Fsp3) is 0.600. The smallest absolute Gasteiger partial charge is 0.252 e. The van der Waals surface area contributed by atoms with Crippen LogP contribution in [0.25, 0.3) is 0 Å². The van der Waals surface area contributed by atoms with Crippen LogP contribution in [-0.4, -0.2) is 16.9 Å². The molecule has 4 heteroatoms. The van der Waals surface area contributed by atoms with E-state index in [-0.39, 0.29) is 11.2 Å². The third kappa shape index (κ3) is 5.97. The molecule has 1 saturated carbocycles. The molecule has 0 heterocycles. The second-order valence-corrected chi connectivity index (χ2v) is 9.06. The molecule has 0 aromatic heterocycles. The quantitative estimate of drug-likeness (QED) is 0.761. The van der Waals surface area contributed by atoms with Crippen molar-refractivity contribution in [1.82, 2.24) is 5.43 Å². The molecule has 0 radical (unpaired) electrons. The number of amides is 1. The Morgan fingerprint density at radius 1 is 1.25 bits per heavy atom. The number of benzene rings is 1. The first kappa shape index (κ1) is 19.0. The number of thioether (sulfide) groups is 1. The number of rotatable bonds is 5. The van der Waals surface area contributed by atoms with E-state index in [4.69, 9.17) is 0 Å². The van der Waals surface area contributed by atoms with E-state index in [0.717, 1.165) is 30.2 Å². The molecule has 24 heavy (non-hydrogen) atoms. The van der Waals surface area contributed by atoms with Crippen LogP contribution >= 0.6 is 11.8 Å². The first-order chi connectivity index (χ1) is 11.4. The van der Waals surface area contributed by atoms with E-state index in [9.17, 15) is 4.79 Å². The highest BCUT2D eigenvalue weighted by Gasteiger charge is 2.28. The summed E-state index contributed by atoms with van der Waals surface area (Å²) in [4.78, 5) is 12.2. The Balaban J connectivity index is 1.74. The normalized spacial score (nSPS) is 19.7. The van der Waals surface area contributed by atoms with E-state index < -0.39 is 0 Å². The predicted molar refractivity (Wildman–Crippen MR) is 104 cm³/mol. The standard InChI is InChI=1S/C20H30N2OS/c1-15(24-14-16-8-6-5-7-9-16)19(23)22-21-18-12-10-17(11-13-18)20(2,3)4/h5-9,15,17H,10-14H2,1-4H3,(H,22,23)/t15-,17?/m0/s1. The maximum atomic E-state index is 12.2. The van der Waals surface area contributed by atoms with Crippen LogP contribution in [0, 0.1) is 11.3 Å². The van der Waals surface area contributed by atoms with Crippen LogP contribution < -0.4 is 5.43 Å². The Bertz CT molecular complexity index is 553. The van der Waals surface area contributed by atoms with Crippen LogP contribution in [0.5, 0.6) is 0 Å². The Labute approximate surface area is 150 Å². The molecular weight excluding hydrogens is 316 g/mol. The van der Waals surface area contributed by atoms with Crippen molar-refractivity contribution in [3.63, 3.8) is 0 Å². The Hall–Kier alpha value is -1.29. The van der Waals surface area contributed by atoms with Crippen LogP contribution in [0.2, 0.25) is 0 Å². The number of hydrazone groups is 1. The van der Waals surface area contributed by atoms with Crippen molar-refractivity contribution in [3.8, 4) is 0 Å². The SMILES string of the molecule is C[C@H](SCc1ccccc1)C(=O)NN=C1CCC(C(C)(C)C)CC1. The van der Waals surface area contributed by atoms with Crippen molar-refractivity contribution in [3.05, 3.63) is 35.9 Å². The summed E-state index contributed by atoms with van der Waals surface area (Å²) in [5.41, 5.74) is 5.53. The molecule has 0 aliphatic heterocycles. The van der Waals surface area contributed by atoms with Gasteiger partial charge in [-0.05, 0) is 49.5 Å². The van der Waals surface area contributed by atoms with Crippen molar-refractivity contribution in [2.75, 3.05) is 0 Å². The van der Waals surface area contributed by atoms with Crippen LogP contribution in [0.4, 0.5) is 0 Å². The van der Waals surface area contributed by atoms with Gasteiger partial charge in [0.2, 0.25) is 0 Å². The molecule has 1 amide bonds. The zero-order valence-electron chi connectivity index (χ0n) is 15.3. The monoisotopic (exact) mass is 346 g/mol. The minimum atomic E-state index is -0.0968. The first-order valence-corrected chi connectivity index (χ1v) is 9.92. The van der Waals surface area contributed by atoms with Crippen molar-refractivity contribution < 1.29 is 4.79 Å². The van der Waals surface area contributed by atoms with Gasteiger partial charge in [-0.1, -0.05) is 51.1 Å². The Morgan fingerprint density at radius 2 is 1.88 bits per heavy atom. The fourth-order valence-corrected chi connectivity index (χ4v) is 3.86. The number of hydrogen-bond acceptors (Lipinski definition) is 3. The summed E-state index contributed by atoms with van der Waals surface area (Å²) in [7, 11) is 0. The van der Waals surface area contributed by atoms with Gasteiger partial charge in [-0.15, -0.1) is 11.8 Å². The molecule has 1 aliphatic rings. The predicted octanol–water partition coefficient (Wildman–Crippen LogP) is 5.02. The van der Waals surface area contributed by atoms with E-state index in [1.807, 2.05) is 25.1 Å². The number of nitrogens with one attached hydrogen (secondary N) is 1. The average Bonchev–Trinajstić information content (AvgIpc) is 2.58. The molecule has 0 saturated heterocycles. The molecule has 1 atom stereocenters. The van der Waals surface area contributed by atoms with Crippen LogP contribution in [0.1, 0.15) is 58.9 Å². The van der Waals surface area contributed by atoms with Crippen molar-refractivity contribution in [1.29, 1.82) is 0 Å². The van der Waals surface area contributed by atoms with Crippen molar-refractivity contribution in [2.45, 2.75) is 64.4 Å². The summed E-state index contributed by atoms with van der Waals surface area (Å²) in [5.74, 6) is 1.60. The van der Waals surface area contributed by atoms with Gasteiger partial charge in [0.15, 0.2) is 0 Å². The molecule has 0 unspecified atom stereocenters. The average molecular weight is 347 g/mol. The van der Waals surface area contributed by atoms with Gasteiger partial charge in [0, 0.05) is 11.5 Å². The molecule has 1 N–H and O–H groups in total.